The number of fused-ring (bicyclic) bond motifs is 1. The molecule has 2 nitrogen and oxygen atoms in total. The number of aryl methyl sites for hydroxylation is 1. The molecule has 0 aromatic heterocycles. The van der Waals surface area contributed by atoms with E-state index in [4.69, 9.17) is 4.74 Å². The second-order valence-corrected chi connectivity index (χ2v) is 4.00. The number of benzene rings is 1. The molecule has 0 amide bonds. The molecule has 0 spiro atoms. The van der Waals surface area contributed by atoms with Crippen LogP contribution in [0.4, 0.5) is 4.39 Å². The highest BCUT2D eigenvalue weighted by Gasteiger charge is 2.35. The van der Waals surface area contributed by atoms with Gasteiger partial charge in [0, 0.05) is 5.56 Å². The molecule has 1 heterocycles. The van der Waals surface area contributed by atoms with E-state index in [9.17, 15) is 9.50 Å². The Kier molecular flexibility index (Phi) is 2.65. The van der Waals surface area contributed by atoms with Gasteiger partial charge in [-0.05, 0) is 25.0 Å². The van der Waals surface area contributed by atoms with Gasteiger partial charge in [-0.25, -0.2) is 4.39 Å². The van der Waals surface area contributed by atoms with Crippen molar-refractivity contribution >= 4 is 0 Å². The summed E-state index contributed by atoms with van der Waals surface area (Å²) in [5, 5.41) is 9.99. The molecule has 1 aromatic carbocycles. The molecular weight excluding hydrogens is 195 g/mol. The molecule has 1 aliphatic heterocycles. The van der Waals surface area contributed by atoms with Crippen LogP contribution in [-0.2, 0) is 0 Å². The van der Waals surface area contributed by atoms with Crippen molar-refractivity contribution in [3.63, 3.8) is 0 Å². The van der Waals surface area contributed by atoms with Gasteiger partial charge in [-0.3, -0.25) is 0 Å². The average molecular weight is 210 g/mol. The smallest absolute Gasteiger partial charge is 0.165 e. The molecule has 1 N–H and O–H groups in total. The predicted molar refractivity (Wildman–Crippen MR) is 55.4 cm³/mol. The van der Waals surface area contributed by atoms with Crippen LogP contribution in [0, 0.1) is 12.7 Å². The van der Waals surface area contributed by atoms with E-state index in [0.29, 0.717) is 5.56 Å². The maximum Gasteiger partial charge on any atom is 0.165 e. The van der Waals surface area contributed by atoms with Crippen molar-refractivity contribution in [2.75, 3.05) is 0 Å². The molecule has 0 radical (unpaired) electrons. The molecule has 2 unspecified atom stereocenters. The van der Waals surface area contributed by atoms with Gasteiger partial charge in [0.1, 0.15) is 12.2 Å². The Hall–Kier alpha value is -1.09. The Balaban J connectivity index is 2.40. The normalized spacial score (nSPS) is 23.7. The van der Waals surface area contributed by atoms with Gasteiger partial charge in [0.15, 0.2) is 11.6 Å². The largest absolute Gasteiger partial charge is 0.484 e. The average Bonchev–Trinajstić information content (AvgIpc) is 2.53. The van der Waals surface area contributed by atoms with Crippen molar-refractivity contribution in [3.05, 3.63) is 29.1 Å². The monoisotopic (exact) mass is 210 g/mol. The van der Waals surface area contributed by atoms with Crippen LogP contribution in [0.5, 0.6) is 5.75 Å². The summed E-state index contributed by atoms with van der Waals surface area (Å²) in [7, 11) is 0. The van der Waals surface area contributed by atoms with E-state index in [1.807, 2.05) is 13.8 Å². The van der Waals surface area contributed by atoms with Crippen molar-refractivity contribution in [1.82, 2.24) is 0 Å². The second-order valence-electron chi connectivity index (χ2n) is 4.00. The fourth-order valence-electron chi connectivity index (χ4n) is 2.06. The van der Waals surface area contributed by atoms with Crippen molar-refractivity contribution in [3.8, 4) is 5.75 Å². The lowest BCUT2D eigenvalue weighted by Crippen LogP contribution is -2.18. The molecule has 0 saturated carbocycles. The zero-order chi connectivity index (χ0) is 11.0. The molecule has 15 heavy (non-hydrogen) atoms. The number of ether oxygens (including phenoxy) is 1. The van der Waals surface area contributed by atoms with E-state index >= 15 is 0 Å². The van der Waals surface area contributed by atoms with Gasteiger partial charge >= 0.3 is 0 Å². The van der Waals surface area contributed by atoms with Gasteiger partial charge in [-0.2, -0.15) is 0 Å². The summed E-state index contributed by atoms with van der Waals surface area (Å²) in [5.41, 5.74) is 1.51. The first-order valence-corrected chi connectivity index (χ1v) is 5.29. The highest BCUT2D eigenvalue weighted by molar-refractivity contribution is 5.46. The summed E-state index contributed by atoms with van der Waals surface area (Å²) in [5.74, 6) is -0.144. The molecule has 0 bridgehead atoms. The predicted octanol–water partition coefficient (Wildman–Crippen LogP) is 2.73. The van der Waals surface area contributed by atoms with Gasteiger partial charge in [0.05, 0.1) is 0 Å². The lowest BCUT2D eigenvalue weighted by Gasteiger charge is -2.12. The summed E-state index contributed by atoms with van der Waals surface area (Å²) in [6.07, 6.45) is 0.682. The molecule has 3 heteroatoms. The maximum atomic E-state index is 13.4. The quantitative estimate of drug-likeness (QED) is 0.813. The molecule has 0 fully saturated rings. The number of rotatable bonds is 2. The highest BCUT2D eigenvalue weighted by Crippen LogP contribution is 2.41. The van der Waals surface area contributed by atoms with Crippen LogP contribution in [0.3, 0.4) is 0 Å². The Bertz CT molecular complexity index is 376. The SMILES string of the molecule is CCCC1Oc2c(F)ccc(C)c2C1O. The molecule has 1 aliphatic rings. The molecule has 2 atom stereocenters. The van der Waals surface area contributed by atoms with E-state index in [0.717, 1.165) is 18.4 Å². The van der Waals surface area contributed by atoms with Crippen LogP contribution < -0.4 is 4.74 Å². The van der Waals surface area contributed by atoms with E-state index in [-0.39, 0.29) is 17.7 Å². The number of hydrogen-bond acceptors (Lipinski definition) is 2. The topological polar surface area (TPSA) is 29.5 Å². The Morgan fingerprint density at radius 3 is 2.80 bits per heavy atom. The van der Waals surface area contributed by atoms with Gasteiger partial charge in [-0.15, -0.1) is 0 Å². The molecule has 82 valence electrons. The minimum atomic E-state index is -0.685. The van der Waals surface area contributed by atoms with Crippen molar-refractivity contribution in [2.45, 2.75) is 38.9 Å². The fraction of sp³-hybridized carbons (Fsp3) is 0.500. The van der Waals surface area contributed by atoms with E-state index in [1.165, 1.54) is 6.07 Å². The number of halogens is 1. The second kappa shape index (κ2) is 3.81. The van der Waals surface area contributed by atoms with E-state index in [1.54, 1.807) is 6.07 Å². The first-order chi connectivity index (χ1) is 7.15. The molecular formula is C12H15FO2. The van der Waals surface area contributed by atoms with E-state index < -0.39 is 6.10 Å². The van der Waals surface area contributed by atoms with Gasteiger partial charge in [0.25, 0.3) is 0 Å². The molecule has 0 aliphatic carbocycles. The number of aliphatic hydroxyl groups is 1. The fourth-order valence-corrected chi connectivity index (χ4v) is 2.06. The van der Waals surface area contributed by atoms with Crippen LogP contribution in [0.15, 0.2) is 12.1 Å². The van der Waals surface area contributed by atoms with Crippen molar-refractivity contribution < 1.29 is 14.2 Å². The van der Waals surface area contributed by atoms with Crippen LogP contribution in [0.25, 0.3) is 0 Å². The van der Waals surface area contributed by atoms with Gasteiger partial charge < -0.3 is 9.84 Å². The minimum Gasteiger partial charge on any atom is -0.484 e. The summed E-state index contributed by atoms with van der Waals surface area (Å²) in [6.45, 7) is 3.88. The van der Waals surface area contributed by atoms with Gasteiger partial charge in [-0.1, -0.05) is 19.4 Å². The lowest BCUT2D eigenvalue weighted by atomic mass is 9.99. The van der Waals surface area contributed by atoms with Crippen molar-refractivity contribution in [1.29, 1.82) is 0 Å². The highest BCUT2D eigenvalue weighted by atomic mass is 19.1. The molecule has 1 aromatic rings. The standard InChI is InChI=1S/C12H15FO2/c1-3-4-9-11(14)10-7(2)5-6-8(13)12(10)15-9/h5-6,9,11,14H,3-4H2,1-2H3. The third-order valence-corrected chi connectivity index (χ3v) is 2.86. The number of hydrogen-bond donors (Lipinski definition) is 1. The first kappa shape index (κ1) is 10.4. The third-order valence-electron chi connectivity index (χ3n) is 2.86. The van der Waals surface area contributed by atoms with Crippen LogP contribution in [0.2, 0.25) is 0 Å². The van der Waals surface area contributed by atoms with Crippen molar-refractivity contribution in [2.24, 2.45) is 0 Å². The third kappa shape index (κ3) is 1.61. The summed E-state index contributed by atoms with van der Waals surface area (Å²) < 4.78 is 18.9. The lowest BCUT2D eigenvalue weighted by molar-refractivity contribution is 0.0602. The summed E-state index contributed by atoms with van der Waals surface area (Å²) in [4.78, 5) is 0. The van der Waals surface area contributed by atoms with E-state index in [2.05, 4.69) is 0 Å². The Morgan fingerprint density at radius 1 is 1.47 bits per heavy atom. The Labute approximate surface area is 88.7 Å². The summed E-state index contributed by atoms with van der Waals surface area (Å²) >= 11 is 0. The maximum absolute atomic E-state index is 13.4. The first-order valence-electron chi connectivity index (χ1n) is 5.29. The molecule has 0 saturated heterocycles. The summed E-state index contributed by atoms with van der Waals surface area (Å²) in [6, 6.07) is 3.06. The van der Waals surface area contributed by atoms with Crippen LogP contribution in [-0.4, -0.2) is 11.2 Å². The van der Waals surface area contributed by atoms with Crippen LogP contribution >= 0.6 is 0 Å². The number of aliphatic hydroxyl groups excluding tert-OH is 1. The minimum absolute atomic E-state index is 0.237. The van der Waals surface area contributed by atoms with Crippen LogP contribution in [0.1, 0.15) is 37.0 Å². The zero-order valence-electron chi connectivity index (χ0n) is 8.96. The zero-order valence-corrected chi connectivity index (χ0v) is 8.96. The molecule has 2 rings (SSSR count). The Morgan fingerprint density at radius 2 is 2.20 bits per heavy atom. The van der Waals surface area contributed by atoms with Gasteiger partial charge in [0.2, 0.25) is 0 Å².